The number of hydrogen-bond donors (Lipinski definition) is 0. The fourth-order valence-corrected chi connectivity index (χ4v) is 11.2. The van der Waals surface area contributed by atoms with Crippen LogP contribution in [0.15, 0.2) is 170 Å². The molecule has 4 aromatic heterocycles. The standard InChI is InChI=1S/C48H28N2S2/c1-2-12-31(13-3-1)49-38-18-8-4-14-32(38)36-26-29(22-24-40(36)49)30-23-25-41-37(27-30)33-15-5-9-19-39(33)50(41)42-28-45-47(35-17-7-10-20-43(35)51-45)48-46(42)34-16-6-11-21-44(34)52-48/h1-28H. The fraction of sp³-hybridized carbons (Fsp3) is 0. The number of fused-ring (bicyclic) bond motifs is 13. The lowest BCUT2D eigenvalue weighted by molar-refractivity contribution is 1.18. The number of rotatable bonds is 3. The van der Waals surface area contributed by atoms with Crippen LogP contribution in [0.1, 0.15) is 0 Å². The quantitative estimate of drug-likeness (QED) is 0.174. The van der Waals surface area contributed by atoms with Crippen molar-refractivity contribution in [2.24, 2.45) is 0 Å². The van der Waals surface area contributed by atoms with E-state index in [0.717, 1.165) is 0 Å². The summed E-state index contributed by atoms with van der Waals surface area (Å²) in [5, 5.41) is 10.5. The van der Waals surface area contributed by atoms with Crippen LogP contribution in [0.3, 0.4) is 0 Å². The van der Waals surface area contributed by atoms with E-state index in [1.54, 1.807) is 0 Å². The van der Waals surface area contributed by atoms with Crippen LogP contribution in [0.2, 0.25) is 0 Å². The predicted octanol–water partition coefficient (Wildman–Crippen LogP) is 14.3. The smallest absolute Gasteiger partial charge is 0.0569 e. The molecule has 4 heteroatoms. The molecule has 0 aliphatic heterocycles. The van der Waals surface area contributed by atoms with E-state index >= 15 is 0 Å². The molecule has 0 aliphatic rings. The van der Waals surface area contributed by atoms with Crippen LogP contribution in [0.25, 0.3) is 106 Å². The highest BCUT2D eigenvalue weighted by Crippen LogP contribution is 2.48. The number of thiophene rings is 2. The minimum Gasteiger partial charge on any atom is -0.309 e. The maximum absolute atomic E-state index is 2.52. The molecule has 0 unspecified atom stereocenters. The number of hydrogen-bond acceptors (Lipinski definition) is 2. The second-order valence-electron chi connectivity index (χ2n) is 13.7. The Hall–Kier alpha value is -6.20. The monoisotopic (exact) mass is 696 g/mol. The second kappa shape index (κ2) is 10.7. The number of nitrogens with zero attached hydrogens (tertiary/aromatic N) is 2. The van der Waals surface area contributed by atoms with E-state index in [-0.39, 0.29) is 0 Å². The minimum atomic E-state index is 1.18. The third-order valence-corrected chi connectivity index (χ3v) is 13.2. The second-order valence-corrected chi connectivity index (χ2v) is 15.8. The molecule has 0 atom stereocenters. The van der Waals surface area contributed by atoms with E-state index in [9.17, 15) is 0 Å². The summed E-state index contributed by atoms with van der Waals surface area (Å²) in [5.74, 6) is 0. The highest BCUT2D eigenvalue weighted by molar-refractivity contribution is 7.29. The first-order valence-corrected chi connectivity index (χ1v) is 19.3. The van der Waals surface area contributed by atoms with Crippen LogP contribution < -0.4 is 0 Å². The summed E-state index contributed by atoms with van der Waals surface area (Å²) in [6.07, 6.45) is 0. The lowest BCUT2D eigenvalue weighted by atomic mass is 10.0. The Morgan fingerprint density at radius 3 is 1.50 bits per heavy atom. The Morgan fingerprint density at radius 2 is 0.827 bits per heavy atom. The first kappa shape index (κ1) is 28.5. The van der Waals surface area contributed by atoms with Gasteiger partial charge in [-0.25, -0.2) is 0 Å². The molecule has 8 aromatic carbocycles. The average molecular weight is 697 g/mol. The molecule has 0 saturated heterocycles. The van der Waals surface area contributed by atoms with Gasteiger partial charge in [-0.15, -0.1) is 22.7 Å². The number of benzene rings is 8. The van der Waals surface area contributed by atoms with E-state index in [1.807, 2.05) is 22.7 Å². The number of aromatic nitrogens is 2. The van der Waals surface area contributed by atoms with Gasteiger partial charge in [0.15, 0.2) is 0 Å². The van der Waals surface area contributed by atoms with Gasteiger partial charge >= 0.3 is 0 Å². The summed E-state index contributed by atoms with van der Waals surface area (Å²) in [5.41, 5.74) is 9.77. The van der Waals surface area contributed by atoms with Crippen molar-refractivity contribution in [3.05, 3.63) is 170 Å². The van der Waals surface area contributed by atoms with Crippen molar-refractivity contribution in [3.63, 3.8) is 0 Å². The highest BCUT2D eigenvalue weighted by atomic mass is 32.1. The summed E-state index contributed by atoms with van der Waals surface area (Å²) in [6, 6.07) is 62.7. The third kappa shape index (κ3) is 3.88. The van der Waals surface area contributed by atoms with Crippen LogP contribution in [0.5, 0.6) is 0 Å². The SMILES string of the molecule is c1ccc(-n2c3ccccc3c3cc(-c4ccc5c(c4)c4ccccc4n5-c4cc5sc6ccccc6c5c5sc6ccccc6c45)ccc32)cc1. The van der Waals surface area contributed by atoms with Crippen LogP contribution in [0, 0.1) is 0 Å². The van der Waals surface area contributed by atoms with Crippen molar-refractivity contribution in [2.45, 2.75) is 0 Å². The Bertz CT molecular complexity index is 3410. The molecule has 0 aliphatic carbocycles. The van der Waals surface area contributed by atoms with Crippen LogP contribution in [-0.2, 0) is 0 Å². The Balaban J connectivity index is 1.12. The van der Waals surface area contributed by atoms with Gasteiger partial charge in [0.1, 0.15) is 0 Å². The van der Waals surface area contributed by atoms with Gasteiger partial charge in [-0.3, -0.25) is 0 Å². The first-order valence-electron chi connectivity index (χ1n) is 17.7. The van der Waals surface area contributed by atoms with E-state index < -0.39 is 0 Å². The summed E-state index contributed by atoms with van der Waals surface area (Å²) >= 11 is 3.83. The summed E-state index contributed by atoms with van der Waals surface area (Å²) in [6.45, 7) is 0. The maximum atomic E-state index is 2.52. The van der Waals surface area contributed by atoms with Gasteiger partial charge in [-0.2, -0.15) is 0 Å². The largest absolute Gasteiger partial charge is 0.309 e. The number of para-hydroxylation sites is 3. The Morgan fingerprint density at radius 1 is 0.327 bits per heavy atom. The summed E-state index contributed by atoms with van der Waals surface area (Å²) < 4.78 is 10.3. The molecule has 0 saturated carbocycles. The molecule has 0 spiro atoms. The molecular weight excluding hydrogens is 669 g/mol. The fourth-order valence-electron chi connectivity index (χ4n) is 8.67. The Kier molecular flexibility index (Phi) is 5.84. The van der Waals surface area contributed by atoms with Crippen molar-refractivity contribution in [2.75, 3.05) is 0 Å². The van der Waals surface area contributed by atoms with Crippen molar-refractivity contribution >= 4 is 107 Å². The molecule has 4 heterocycles. The van der Waals surface area contributed by atoms with Gasteiger partial charge < -0.3 is 9.13 Å². The van der Waals surface area contributed by atoms with Crippen molar-refractivity contribution in [1.29, 1.82) is 0 Å². The molecule has 0 N–H and O–H groups in total. The topological polar surface area (TPSA) is 9.86 Å². The zero-order chi connectivity index (χ0) is 33.9. The molecule has 12 rings (SSSR count). The molecular formula is C48H28N2S2. The van der Waals surface area contributed by atoms with E-state index in [1.165, 1.54) is 106 Å². The summed E-state index contributed by atoms with van der Waals surface area (Å²) in [7, 11) is 0. The van der Waals surface area contributed by atoms with Crippen molar-refractivity contribution in [3.8, 4) is 22.5 Å². The van der Waals surface area contributed by atoms with Gasteiger partial charge in [0.25, 0.3) is 0 Å². The average Bonchev–Trinajstić information content (AvgIpc) is 3.95. The van der Waals surface area contributed by atoms with E-state index in [2.05, 4.69) is 179 Å². The van der Waals surface area contributed by atoms with Gasteiger partial charge in [0.05, 0.1) is 27.8 Å². The van der Waals surface area contributed by atoms with Crippen molar-refractivity contribution in [1.82, 2.24) is 9.13 Å². The van der Waals surface area contributed by atoms with Gasteiger partial charge in [0, 0.05) is 67.6 Å². The minimum absolute atomic E-state index is 1.18. The molecule has 0 amide bonds. The van der Waals surface area contributed by atoms with Crippen LogP contribution in [-0.4, -0.2) is 9.13 Å². The zero-order valence-electron chi connectivity index (χ0n) is 27.9. The van der Waals surface area contributed by atoms with Gasteiger partial charge in [-0.1, -0.05) is 103 Å². The molecule has 0 fully saturated rings. The normalized spacial score (nSPS) is 12.2. The molecule has 242 valence electrons. The molecule has 12 aromatic rings. The summed E-state index contributed by atoms with van der Waals surface area (Å²) in [4.78, 5) is 0. The van der Waals surface area contributed by atoms with Crippen molar-refractivity contribution < 1.29 is 0 Å². The van der Waals surface area contributed by atoms with Gasteiger partial charge in [0.2, 0.25) is 0 Å². The molecule has 0 radical (unpaired) electrons. The lowest BCUT2D eigenvalue weighted by Gasteiger charge is -2.12. The molecule has 52 heavy (non-hydrogen) atoms. The van der Waals surface area contributed by atoms with Crippen LogP contribution in [0.4, 0.5) is 0 Å². The molecule has 2 nitrogen and oxygen atoms in total. The zero-order valence-corrected chi connectivity index (χ0v) is 29.5. The van der Waals surface area contributed by atoms with Crippen LogP contribution >= 0.6 is 22.7 Å². The lowest BCUT2D eigenvalue weighted by Crippen LogP contribution is -1.95. The third-order valence-electron chi connectivity index (χ3n) is 10.9. The Labute approximate surface area is 306 Å². The highest BCUT2D eigenvalue weighted by Gasteiger charge is 2.22. The molecule has 0 bridgehead atoms. The van der Waals surface area contributed by atoms with E-state index in [4.69, 9.17) is 0 Å². The van der Waals surface area contributed by atoms with Gasteiger partial charge in [-0.05, 0) is 77.9 Å². The first-order chi connectivity index (χ1) is 25.8. The maximum Gasteiger partial charge on any atom is 0.0569 e. The predicted molar refractivity (Wildman–Crippen MR) is 226 cm³/mol. The van der Waals surface area contributed by atoms with E-state index in [0.29, 0.717) is 0 Å².